The number of carbonyl (C=O) groups is 3. The van der Waals surface area contributed by atoms with Gasteiger partial charge in [0.2, 0.25) is 11.8 Å². The number of carbonyl (C=O) groups excluding carboxylic acids is 2. The Morgan fingerprint density at radius 3 is 2.53 bits per heavy atom. The maximum atomic E-state index is 12.5. The molecule has 2 atom stereocenters. The van der Waals surface area contributed by atoms with Crippen molar-refractivity contribution in [1.82, 2.24) is 4.90 Å². The van der Waals surface area contributed by atoms with E-state index in [0.29, 0.717) is 12.8 Å². The first-order valence-electron chi connectivity index (χ1n) is 6.81. The second-order valence-electron chi connectivity index (χ2n) is 5.87. The fourth-order valence-electron chi connectivity index (χ4n) is 3.65. The predicted molar refractivity (Wildman–Crippen MR) is 66.0 cm³/mol. The number of carboxylic acid groups (broad SMARTS) is 1. The van der Waals surface area contributed by atoms with Gasteiger partial charge in [0.25, 0.3) is 0 Å². The van der Waals surface area contributed by atoms with E-state index in [2.05, 4.69) is 0 Å². The highest BCUT2D eigenvalue weighted by Crippen LogP contribution is 2.48. The smallest absolute Gasteiger partial charge is 0.310 e. The normalized spacial score (nSPS) is 32.7. The van der Waals surface area contributed by atoms with Crippen molar-refractivity contribution in [3.05, 3.63) is 12.2 Å². The molecule has 1 N–H and O–H groups in total. The van der Waals surface area contributed by atoms with Crippen LogP contribution in [0.5, 0.6) is 0 Å². The molecule has 0 aromatic heterocycles. The summed E-state index contributed by atoms with van der Waals surface area (Å²) in [5.74, 6) is -1.68. The van der Waals surface area contributed by atoms with Gasteiger partial charge in [-0.25, -0.2) is 0 Å². The zero-order chi connectivity index (χ0) is 13.6. The largest absolute Gasteiger partial charge is 0.481 e. The molecule has 3 aliphatic rings. The second-order valence-corrected chi connectivity index (χ2v) is 5.87. The molecule has 2 fully saturated rings. The van der Waals surface area contributed by atoms with Gasteiger partial charge in [0, 0.05) is 6.42 Å². The van der Waals surface area contributed by atoms with Crippen LogP contribution in [0.15, 0.2) is 12.2 Å². The third-order valence-electron chi connectivity index (χ3n) is 4.70. The molecule has 102 valence electrons. The van der Waals surface area contributed by atoms with E-state index in [1.165, 1.54) is 4.90 Å². The van der Waals surface area contributed by atoms with Crippen LogP contribution in [-0.2, 0) is 14.4 Å². The maximum absolute atomic E-state index is 12.5. The monoisotopic (exact) mass is 263 g/mol. The molecule has 0 bridgehead atoms. The number of nitrogens with zero attached hydrogens (tertiary/aromatic N) is 1. The van der Waals surface area contributed by atoms with Gasteiger partial charge < -0.3 is 5.11 Å². The predicted octanol–water partition coefficient (Wildman–Crippen LogP) is 1.33. The molecule has 2 aliphatic carbocycles. The summed E-state index contributed by atoms with van der Waals surface area (Å²) in [5.41, 5.74) is -0.466. The van der Waals surface area contributed by atoms with Crippen molar-refractivity contribution in [1.29, 1.82) is 0 Å². The summed E-state index contributed by atoms with van der Waals surface area (Å²) in [6.07, 6.45) is 7.53. The molecule has 0 aromatic carbocycles. The molecule has 19 heavy (non-hydrogen) atoms. The molecule has 5 nitrogen and oxygen atoms in total. The van der Waals surface area contributed by atoms with Crippen molar-refractivity contribution in [2.45, 2.75) is 44.6 Å². The third-order valence-corrected chi connectivity index (χ3v) is 4.70. The first-order chi connectivity index (χ1) is 9.03. The molecule has 1 saturated carbocycles. The Kier molecular flexibility index (Phi) is 2.73. The summed E-state index contributed by atoms with van der Waals surface area (Å²) in [5, 5.41) is 8.97. The number of likely N-dealkylation sites (tertiary alicyclic amines) is 1. The lowest BCUT2D eigenvalue weighted by atomic mass is 9.84. The topological polar surface area (TPSA) is 74.7 Å². The average Bonchev–Trinajstić information content (AvgIpc) is 3.02. The number of amides is 2. The first kappa shape index (κ1) is 12.4. The Hall–Kier alpha value is -1.65. The summed E-state index contributed by atoms with van der Waals surface area (Å²) in [7, 11) is 0. The number of imide groups is 1. The van der Waals surface area contributed by atoms with Crippen LogP contribution in [0.4, 0.5) is 0 Å². The average molecular weight is 263 g/mol. The van der Waals surface area contributed by atoms with Crippen molar-refractivity contribution in [2.75, 3.05) is 0 Å². The lowest BCUT2D eigenvalue weighted by Crippen LogP contribution is -2.41. The van der Waals surface area contributed by atoms with Crippen molar-refractivity contribution in [2.24, 2.45) is 11.3 Å². The molecular formula is C14H17NO4. The van der Waals surface area contributed by atoms with Crippen molar-refractivity contribution in [3.8, 4) is 0 Å². The summed E-state index contributed by atoms with van der Waals surface area (Å²) >= 11 is 0. The van der Waals surface area contributed by atoms with Crippen LogP contribution in [-0.4, -0.2) is 33.8 Å². The standard InChI is InChI=1S/C14H17NO4/c16-11-8-14(5-1-2-6-14)13(19)15(11)10-4-3-9(7-10)12(17)18/h3-4,9-10H,1-2,5-8H2,(H,17,18). The molecule has 1 spiro atoms. The molecule has 2 unspecified atom stereocenters. The molecular weight excluding hydrogens is 246 g/mol. The first-order valence-corrected chi connectivity index (χ1v) is 6.81. The van der Waals surface area contributed by atoms with Crippen LogP contribution in [0.2, 0.25) is 0 Å². The van der Waals surface area contributed by atoms with Gasteiger partial charge in [-0.3, -0.25) is 19.3 Å². The zero-order valence-corrected chi connectivity index (χ0v) is 10.7. The SMILES string of the molecule is O=C(O)C1C=CC(N2C(=O)CC3(CCCC3)C2=O)C1. The van der Waals surface area contributed by atoms with Gasteiger partial charge in [-0.05, 0) is 19.3 Å². The number of aliphatic carboxylic acids is 1. The van der Waals surface area contributed by atoms with Gasteiger partial charge in [0.15, 0.2) is 0 Å². The number of rotatable bonds is 2. The van der Waals surface area contributed by atoms with Crippen LogP contribution in [0.3, 0.4) is 0 Å². The fraction of sp³-hybridized carbons (Fsp3) is 0.643. The summed E-state index contributed by atoms with van der Waals surface area (Å²) in [4.78, 5) is 36.9. The molecule has 1 heterocycles. The quantitative estimate of drug-likeness (QED) is 0.602. The van der Waals surface area contributed by atoms with Gasteiger partial charge in [0.1, 0.15) is 0 Å². The van der Waals surface area contributed by atoms with Crippen molar-refractivity contribution < 1.29 is 19.5 Å². The number of carboxylic acids is 1. The highest BCUT2D eigenvalue weighted by molar-refractivity contribution is 6.06. The van der Waals surface area contributed by atoms with Crippen LogP contribution in [0.25, 0.3) is 0 Å². The lowest BCUT2D eigenvalue weighted by Gasteiger charge is -2.25. The van der Waals surface area contributed by atoms with E-state index in [0.717, 1.165) is 25.7 Å². The Balaban J connectivity index is 1.79. The number of hydrogen-bond acceptors (Lipinski definition) is 3. The molecule has 2 amide bonds. The minimum absolute atomic E-state index is 0.0734. The van der Waals surface area contributed by atoms with Gasteiger partial charge in [0.05, 0.1) is 17.4 Å². The minimum Gasteiger partial charge on any atom is -0.481 e. The third kappa shape index (κ3) is 1.79. The van der Waals surface area contributed by atoms with E-state index in [4.69, 9.17) is 5.11 Å². The second kappa shape index (κ2) is 4.18. The summed E-state index contributed by atoms with van der Waals surface area (Å²) in [6, 6.07) is -0.360. The van der Waals surface area contributed by atoms with Crippen LogP contribution in [0, 0.1) is 11.3 Å². The zero-order valence-electron chi connectivity index (χ0n) is 10.7. The molecule has 1 aliphatic heterocycles. The van der Waals surface area contributed by atoms with Crippen molar-refractivity contribution >= 4 is 17.8 Å². The van der Waals surface area contributed by atoms with Crippen LogP contribution < -0.4 is 0 Å². The van der Waals surface area contributed by atoms with Gasteiger partial charge in [-0.15, -0.1) is 0 Å². The Bertz CT molecular complexity index is 476. The van der Waals surface area contributed by atoms with Crippen LogP contribution >= 0.6 is 0 Å². The Morgan fingerprint density at radius 1 is 1.26 bits per heavy atom. The summed E-state index contributed by atoms with van der Waals surface area (Å²) in [6.45, 7) is 0. The maximum Gasteiger partial charge on any atom is 0.310 e. The Labute approximate surface area is 111 Å². The van der Waals surface area contributed by atoms with E-state index in [1.807, 2.05) is 0 Å². The van der Waals surface area contributed by atoms with Crippen LogP contribution in [0.1, 0.15) is 38.5 Å². The van der Waals surface area contributed by atoms with E-state index in [-0.39, 0.29) is 17.9 Å². The highest BCUT2D eigenvalue weighted by atomic mass is 16.4. The van der Waals surface area contributed by atoms with Crippen molar-refractivity contribution in [3.63, 3.8) is 0 Å². The van der Waals surface area contributed by atoms with Gasteiger partial charge in [-0.1, -0.05) is 25.0 Å². The van der Waals surface area contributed by atoms with E-state index >= 15 is 0 Å². The molecule has 1 saturated heterocycles. The lowest BCUT2D eigenvalue weighted by molar-refractivity contribution is -0.145. The van der Waals surface area contributed by atoms with E-state index in [1.54, 1.807) is 12.2 Å². The highest BCUT2D eigenvalue weighted by Gasteiger charge is 2.54. The number of hydrogen-bond donors (Lipinski definition) is 1. The summed E-state index contributed by atoms with van der Waals surface area (Å²) < 4.78 is 0. The minimum atomic E-state index is -0.895. The molecule has 0 radical (unpaired) electrons. The van der Waals surface area contributed by atoms with E-state index < -0.39 is 17.3 Å². The van der Waals surface area contributed by atoms with Gasteiger partial charge in [-0.2, -0.15) is 0 Å². The molecule has 5 heteroatoms. The molecule has 3 rings (SSSR count). The molecule has 0 aromatic rings. The fourth-order valence-corrected chi connectivity index (χ4v) is 3.65. The Morgan fingerprint density at radius 2 is 1.95 bits per heavy atom. The van der Waals surface area contributed by atoms with Gasteiger partial charge >= 0.3 is 5.97 Å². The van der Waals surface area contributed by atoms with E-state index in [9.17, 15) is 14.4 Å².